The first-order valence-electron chi connectivity index (χ1n) is 3.55. The highest BCUT2D eigenvalue weighted by Crippen LogP contribution is 1.99. The van der Waals surface area contributed by atoms with Gasteiger partial charge in [0.15, 0.2) is 0 Å². The lowest BCUT2D eigenvalue weighted by Gasteiger charge is -2.04. The molecule has 0 bridgehead atoms. The minimum Gasteiger partial charge on any atom is -0.493 e. The van der Waals surface area contributed by atoms with E-state index in [9.17, 15) is 0 Å². The van der Waals surface area contributed by atoms with Gasteiger partial charge in [0.25, 0.3) is 0 Å². The van der Waals surface area contributed by atoms with Crippen molar-refractivity contribution in [2.75, 3.05) is 19.4 Å². The molecule has 0 aliphatic heterocycles. The summed E-state index contributed by atoms with van der Waals surface area (Å²) < 4.78 is 8.29. The molecule has 0 unspecified atom stereocenters. The van der Waals surface area contributed by atoms with E-state index < -0.39 is 0 Å². The summed E-state index contributed by atoms with van der Waals surface area (Å²) in [5.74, 6) is 1.79. The molecule has 0 atom stereocenters. The summed E-state index contributed by atoms with van der Waals surface area (Å²) in [7, 11) is 1.90. The lowest BCUT2D eigenvalue weighted by atomic mass is 10.4. The van der Waals surface area contributed by atoms with Gasteiger partial charge in [0, 0.05) is 5.75 Å². The summed E-state index contributed by atoms with van der Waals surface area (Å²) in [5, 5.41) is 0. The second-order valence-corrected chi connectivity index (χ2v) is 2.90. The van der Waals surface area contributed by atoms with Crippen LogP contribution in [0.1, 0.15) is 6.92 Å². The molecule has 0 aromatic carbocycles. The number of ether oxygens (including phenoxy) is 1. The standard InChI is InChI=1S/C8H15NOS/c1-4-8(5-2)10-6-7-11-9-3/h4-5,9H,1,6-7H2,2-3H3/b8-5+. The van der Waals surface area contributed by atoms with Crippen LogP contribution in [-0.4, -0.2) is 19.4 Å². The summed E-state index contributed by atoms with van der Waals surface area (Å²) in [6.07, 6.45) is 3.61. The van der Waals surface area contributed by atoms with E-state index in [0.717, 1.165) is 18.1 Å². The Bertz CT molecular complexity index is 134. The van der Waals surface area contributed by atoms with Crippen molar-refractivity contribution in [2.45, 2.75) is 6.92 Å². The maximum atomic E-state index is 5.32. The minimum absolute atomic E-state index is 0.719. The molecule has 0 saturated carbocycles. The Hall–Kier alpha value is -0.410. The van der Waals surface area contributed by atoms with E-state index in [1.54, 1.807) is 18.0 Å². The first kappa shape index (κ1) is 10.6. The number of hydrogen-bond donors (Lipinski definition) is 1. The van der Waals surface area contributed by atoms with Crippen LogP contribution in [0.3, 0.4) is 0 Å². The van der Waals surface area contributed by atoms with Gasteiger partial charge in [-0.2, -0.15) is 0 Å². The second kappa shape index (κ2) is 7.69. The molecule has 0 amide bonds. The zero-order valence-electron chi connectivity index (χ0n) is 7.09. The molecule has 0 saturated heterocycles. The third-order valence-electron chi connectivity index (χ3n) is 1.08. The van der Waals surface area contributed by atoms with Crippen LogP contribution in [-0.2, 0) is 4.74 Å². The topological polar surface area (TPSA) is 21.3 Å². The summed E-state index contributed by atoms with van der Waals surface area (Å²) >= 11 is 1.63. The van der Waals surface area contributed by atoms with Crippen molar-refractivity contribution in [3.63, 3.8) is 0 Å². The van der Waals surface area contributed by atoms with Crippen molar-refractivity contribution in [3.05, 3.63) is 24.5 Å². The third kappa shape index (κ3) is 6.01. The molecule has 0 rings (SSSR count). The van der Waals surface area contributed by atoms with Gasteiger partial charge in [-0.25, -0.2) is 0 Å². The van der Waals surface area contributed by atoms with E-state index in [1.807, 2.05) is 20.0 Å². The predicted molar refractivity (Wildman–Crippen MR) is 51.4 cm³/mol. The second-order valence-electron chi connectivity index (χ2n) is 1.80. The van der Waals surface area contributed by atoms with E-state index in [1.165, 1.54) is 0 Å². The molecule has 2 nitrogen and oxygen atoms in total. The van der Waals surface area contributed by atoms with Crippen molar-refractivity contribution < 1.29 is 4.74 Å². The van der Waals surface area contributed by atoms with Gasteiger partial charge in [-0.05, 0) is 26.1 Å². The number of hydrogen-bond acceptors (Lipinski definition) is 3. The van der Waals surface area contributed by atoms with Gasteiger partial charge in [-0.1, -0.05) is 18.5 Å². The Morgan fingerprint density at radius 1 is 1.73 bits per heavy atom. The zero-order valence-corrected chi connectivity index (χ0v) is 7.91. The highest BCUT2D eigenvalue weighted by Gasteiger charge is 1.89. The summed E-state index contributed by atoms with van der Waals surface area (Å²) in [6.45, 7) is 6.27. The molecule has 0 heterocycles. The molecular weight excluding hydrogens is 158 g/mol. The minimum atomic E-state index is 0.719. The Morgan fingerprint density at radius 2 is 2.45 bits per heavy atom. The number of allylic oxidation sites excluding steroid dienone is 2. The average Bonchev–Trinajstić information content (AvgIpc) is 2.05. The van der Waals surface area contributed by atoms with Crippen molar-refractivity contribution in [3.8, 4) is 0 Å². The molecule has 0 fully saturated rings. The Balaban J connectivity index is 3.29. The lowest BCUT2D eigenvalue weighted by Crippen LogP contribution is -2.00. The monoisotopic (exact) mass is 173 g/mol. The van der Waals surface area contributed by atoms with Crippen LogP contribution in [0.5, 0.6) is 0 Å². The van der Waals surface area contributed by atoms with E-state index in [-0.39, 0.29) is 0 Å². The van der Waals surface area contributed by atoms with Gasteiger partial charge >= 0.3 is 0 Å². The van der Waals surface area contributed by atoms with Crippen LogP contribution in [0.4, 0.5) is 0 Å². The molecule has 0 aliphatic carbocycles. The largest absolute Gasteiger partial charge is 0.493 e. The Morgan fingerprint density at radius 3 is 2.91 bits per heavy atom. The maximum absolute atomic E-state index is 5.32. The summed E-state index contributed by atoms with van der Waals surface area (Å²) in [4.78, 5) is 0. The molecule has 11 heavy (non-hydrogen) atoms. The predicted octanol–water partition coefficient (Wildman–Crippen LogP) is 1.96. The van der Waals surface area contributed by atoms with E-state index >= 15 is 0 Å². The van der Waals surface area contributed by atoms with Crippen molar-refractivity contribution in [1.29, 1.82) is 0 Å². The molecule has 64 valence electrons. The van der Waals surface area contributed by atoms with Crippen LogP contribution < -0.4 is 4.72 Å². The van der Waals surface area contributed by atoms with Crippen molar-refractivity contribution in [2.24, 2.45) is 0 Å². The average molecular weight is 173 g/mol. The van der Waals surface area contributed by atoms with E-state index in [4.69, 9.17) is 4.74 Å². The Kier molecular flexibility index (Phi) is 7.41. The fourth-order valence-corrected chi connectivity index (χ4v) is 0.934. The van der Waals surface area contributed by atoms with Crippen molar-refractivity contribution >= 4 is 11.9 Å². The van der Waals surface area contributed by atoms with Crippen LogP contribution >= 0.6 is 11.9 Å². The van der Waals surface area contributed by atoms with Gasteiger partial charge in [-0.15, -0.1) is 0 Å². The van der Waals surface area contributed by atoms with Gasteiger partial charge in [-0.3, -0.25) is 4.72 Å². The SMILES string of the molecule is C=C/C(=C\C)OCCSNC. The molecule has 0 aromatic rings. The first-order chi connectivity index (χ1) is 5.35. The van der Waals surface area contributed by atoms with E-state index in [0.29, 0.717) is 0 Å². The fraction of sp³-hybridized carbons (Fsp3) is 0.500. The number of nitrogens with one attached hydrogen (secondary N) is 1. The zero-order chi connectivity index (χ0) is 8.53. The molecule has 0 spiro atoms. The quantitative estimate of drug-likeness (QED) is 0.287. The fourth-order valence-electron chi connectivity index (χ4n) is 0.563. The smallest absolute Gasteiger partial charge is 0.114 e. The van der Waals surface area contributed by atoms with Crippen molar-refractivity contribution in [1.82, 2.24) is 4.72 Å². The molecule has 0 aliphatic rings. The lowest BCUT2D eigenvalue weighted by molar-refractivity contribution is 0.245. The normalized spacial score (nSPS) is 11.3. The molecule has 0 aromatic heterocycles. The van der Waals surface area contributed by atoms with Gasteiger partial charge in [0.05, 0.1) is 6.61 Å². The summed E-state index contributed by atoms with van der Waals surface area (Å²) in [5.41, 5.74) is 0. The maximum Gasteiger partial charge on any atom is 0.114 e. The van der Waals surface area contributed by atoms with Gasteiger partial charge in [0.1, 0.15) is 5.76 Å². The molecule has 1 N–H and O–H groups in total. The molecular formula is C8H15NOS. The van der Waals surface area contributed by atoms with Gasteiger partial charge < -0.3 is 4.74 Å². The van der Waals surface area contributed by atoms with Crippen LogP contribution in [0, 0.1) is 0 Å². The molecule has 0 radical (unpaired) electrons. The van der Waals surface area contributed by atoms with Gasteiger partial charge in [0.2, 0.25) is 0 Å². The van der Waals surface area contributed by atoms with Crippen LogP contribution in [0.15, 0.2) is 24.5 Å². The summed E-state index contributed by atoms with van der Waals surface area (Å²) in [6, 6.07) is 0. The van der Waals surface area contributed by atoms with Crippen LogP contribution in [0.2, 0.25) is 0 Å². The highest BCUT2D eigenvalue weighted by atomic mass is 32.2. The highest BCUT2D eigenvalue weighted by molar-refractivity contribution is 7.97. The third-order valence-corrected chi connectivity index (χ3v) is 1.74. The number of rotatable bonds is 6. The molecule has 3 heteroatoms. The van der Waals surface area contributed by atoms with E-state index in [2.05, 4.69) is 11.3 Å². The van der Waals surface area contributed by atoms with Crippen LogP contribution in [0.25, 0.3) is 0 Å². The first-order valence-corrected chi connectivity index (χ1v) is 4.53. The Labute approximate surface area is 72.8 Å².